The zero-order valence-corrected chi connectivity index (χ0v) is 5.07. The van der Waals surface area contributed by atoms with E-state index in [9.17, 15) is 4.79 Å². The Morgan fingerprint density at radius 2 is 2.44 bits per heavy atom. The van der Waals surface area contributed by atoms with Crippen molar-refractivity contribution in [2.45, 2.75) is 19.3 Å². The number of ether oxygens (including phenoxy) is 1. The third-order valence-corrected chi connectivity index (χ3v) is 1.17. The highest BCUT2D eigenvalue weighted by atomic mass is 16.6. The van der Waals surface area contributed by atoms with Gasteiger partial charge in [0, 0.05) is 0 Å². The lowest BCUT2D eigenvalue weighted by molar-refractivity contribution is -0.145. The SMILES string of the molecule is C[C@@H]1O[C@H](O)C=CC1=O. The van der Waals surface area contributed by atoms with Gasteiger partial charge in [-0.05, 0) is 19.1 Å². The monoisotopic (exact) mass is 128 g/mol. The van der Waals surface area contributed by atoms with Crippen molar-refractivity contribution in [1.29, 1.82) is 0 Å². The maximum Gasteiger partial charge on any atom is 0.184 e. The van der Waals surface area contributed by atoms with Gasteiger partial charge in [0.2, 0.25) is 0 Å². The molecule has 0 aromatic heterocycles. The highest BCUT2D eigenvalue weighted by Crippen LogP contribution is 2.05. The smallest absolute Gasteiger partial charge is 0.184 e. The zero-order chi connectivity index (χ0) is 6.85. The molecule has 0 saturated heterocycles. The minimum absolute atomic E-state index is 0.0969. The van der Waals surface area contributed by atoms with Crippen LogP contribution in [0.1, 0.15) is 6.92 Å². The van der Waals surface area contributed by atoms with E-state index in [0.29, 0.717) is 0 Å². The van der Waals surface area contributed by atoms with Crippen molar-refractivity contribution < 1.29 is 14.6 Å². The summed E-state index contributed by atoms with van der Waals surface area (Å²) in [6.07, 6.45) is 1.25. The molecule has 0 aliphatic carbocycles. The van der Waals surface area contributed by atoms with E-state index in [1.807, 2.05) is 0 Å². The third-order valence-electron chi connectivity index (χ3n) is 1.17. The summed E-state index contributed by atoms with van der Waals surface area (Å²) in [6.45, 7) is 1.61. The molecule has 1 aliphatic heterocycles. The quantitative estimate of drug-likeness (QED) is 0.493. The van der Waals surface area contributed by atoms with Gasteiger partial charge in [0.25, 0.3) is 0 Å². The predicted molar refractivity (Wildman–Crippen MR) is 30.7 cm³/mol. The average molecular weight is 128 g/mol. The Morgan fingerprint density at radius 3 is 2.89 bits per heavy atom. The number of rotatable bonds is 0. The third kappa shape index (κ3) is 1.37. The molecular weight excluding hydrogens is 120 g/mol. The lowest BCUT2D eigenvalue weighted by atomic mass is 10.2. The molecule has 1 aliphatic rings. The fourth-order valence-corrected chi connectivity index (χ4v) is 0.634. The lowest BCUT2D eigenvalue weighted by Crippen LogP contribution is -2.28. The molecule has 0 bridgehead atoms. The molecule has 0 aromatic carbocycles. The van der Waals surface area contributed by atoms with E-state index in [1.165, 1.54) is 12.2 Å². The second-order valence-corrected chi connectivity index (χ2v) is 1.93. The summed E-state index contributed by atoms with van der Waals surface area (Å²) in [4.78, 5) is 10.6. The summed E-state index contributed by atoms with van der Waals surface area (Å²) in [5.41, 5.74) is 0. The maximum atomic E-state index is 10.6. The van der Waals surface area contributed by atoms with E-state index in [1.54, 1.807) is 6.92 Å². The molecule has 1 rings (SSSR count). The van der Waals surface area contributed by atoms with Crippen molar-refractivity contribution in [1.82, 2.24) is 0 Å². The van der Waals surface area contributed by atoms with Crippen molar-refractivity contribution in [3.05, 3.63) is 12.2 Å². The van der Waals surface area contributed by atoms with E-state index < -0.39 is 12.4 Å². The number of carbonyl (C=O) groups is 1. The molecule has 0 aromatic rings. The maximum absolute atomic E-state index is 10.6. The summed E-state index contributed by atoms with van der Waals surface area (Å²) >= 11 is 0. The number of ketones is 1. The van der Waals surface area contributed by atoms with Crippen LogP contribution in [0.15, 0.2) is 12.2 Å². The van der Waals surface area contributed by atoms with Crippen LogP contribution in [0, 0.1) is 0 Å². The standard InChI is InChI=1S/C6H8O3/c1-4-5(7)2-3-6(8)9-4/h2-4,6,8H,1H3/t4-,6-/m0/s1. The molecular formula is C6H8O3. The van der Waals surface area contributed by atoms with Crippen molar-refractivity contribution in [3.8, 4) is 0 Å². The van der Waals surface area contributed by atoms with Gasteiger partial charge < -0.3 is 9.84 Å². The first-order valence-electron chi connectivity index (χ1n) is 2.76. The van der Waals surface area contributed by atoms with Crippen LogP contribution in [0.4, 0.5) is 0 Å². The molecule has 0 unspecified atom stereocenters. The second-order valence-electron chi connectivity index (χ2n) is 1.93. The van der Waals surface area contributed by atoms with Gasteiger partial charge >= 0.3 is 0 Å². The average Bonchev–Trinajstić information content (AvgIpc) is 1.80. The number of aliphatic hydroxyl groups excluding tert-OH is 1. The van der Waals surface area contributed by atoms with Crippen LogP contribution < -0.4 is 0 Å². The first-order chi connectivity index (χ1) is 4.20. The van der Waals surface area contributed by atoms with Crippen LogP contribution in [0.3, 0.4) is 0 Å². The molecule has 0 fully saturated rings. The van der Waals surface area contributed by atoms with Crippen LogP contribution >= 0.6 is 0 Å². The Hall–Kier alpha value is -0.670. The summed E-state index contributed by atoms with van der Waals surface area (Å²) in [5.74, 6) is -0.0969. The van der Waals surface area contributed by atoms with E-state index in [0.717, 1.165) is 0 Å². The summed E-state index contributed by atoms with van der Waals surface area (Å²) in [5, 5.41) is 8.74. The Labute approximate surface area is 52.9 Å². The summed E-state index contributed by atoms with van der Waals surface area (Å²) in [7, 11) is 0. The first kappa shape index (κ1) is 6.45. The van der Waals surface area contributed by atoms with Crippen molar-refractivity contribution in [2.24, 2.45) is 0 Å². The highest BCUT2D eigenvalue weighted by molar-refractivity contribution is 5.93. The van der Waals surface area contributed by atoms with Gasteiger partial charge in [0.1, 0.15) is 6.10 Å². The van der Waals surface area contributed by atoms with Crippen LogP contribution in [0.2, 0.25) is 0 Å². The minimum Gasteiger partial charge on any atom is -0.365 e. The number of carbonyl (C=O) groups excluding carboxylic acids is 1. The van der Waals surface area contributed by atoms with Gasteiger partial charge in [0.05, 0.1) is 0 Å². The van der Waals surface area contributed by atoms with Gasteiger partial charge in [-0.3, -0.25) is 4.79 Å². The number of hydrogen-bond acceptors (Lipinski definition) is 3. The molecule has 9 heavy (non-hydrogen) atoms. The largest absolute Gasteiger partial charge is 0.365 e. The Balaban J connectivity index is 2.65. The van der Waals surface area contributed by atoms with Crippen LogP contribution in [-0.2, 0) is 9.53 Å². The van der Waals surface area contributed by atoms with E-state index in [4.69, 9.17) is 9.84 Å². The Morgan fingerprint density at radius 1 is 1.78 bits per heavy atom. The molecule has 0 amide bonds. The fraction of sp³-hybridized carbons (Fsp3) is 0.500. The van der Waals surface area contributed by atoms with E-state index in [-0.39, 0.29) is 5.78 Å². The molecule has 1 N–H and O–H groups in total. The van der Waals surface area contributed by atoms with Gasteiger partial charge in [-0.2, -0.15) is 0 Å². The van der Waals surface area contributed by atoms with Gasteiger partial charge in [0.15, 0.2) is 12.1 Å². The first-order valence-corrected chi connectivity index (χ1v) is 2.76. The zero-order valence-electron chi connectivity index (χ0n) is 5.07. The fourth-order valence-electron chi connectivity index (χ4n) is 0.634. The van der Waals surface area contributed by atoms with Crippen molar-refractivity contribution in [2.75, 3.05) is 0 Å². The molecule has 0 saturated carbocycles. The Bertz CT molecular complexity index is 150. The minimum atomic E-state index is -0.905. The normalized spacial score (nSPS) is 35.1. The van der Waals surface area contributed by atoms with Crippen molar-refractivity contribution in [3.63, 3.8) is 0 Å². The molecule has 2 atom stereocenters. The molecule has 3 heteroatoms. The van der Waals surface area contributed by atoms with Crippen molar-refractivity contribution >= 4 is 5.78 Å². The lowest BCUT2D eigenvalue weighted by Gasteiger charge is -2.16. The summed E-state index contributed by atoms with van der Waals surface area (Å²) in [6, 6.07) is 0. The van der Waals surface area contributed by atoms with Crippen LogP contribution in [-0.4, -0.2) is 23.3 Å². The number of aliphatic hydroxyl groups is 1. The topological polar surface area (TPSA) is 46.5 Å². The van der Waals surface area contributed by atoms with Crippen LogP contribution in [0.25, 0.3) is 0 Å². The molecule has 3 nitrogen and oxygen atoms in total. The number of hydrogen-bond donors (Lipinski definition) is 1. The highest BCUT2D eigenvalue weighted by Gasteiger charge is 2.18. The molecule has 1 heterocycles. The van der Waals surface area contributed by atoms with E-state index in [2.05, 4.69) is 0 Å². The molecule has 0 spiro atoms. The Kier molecular flexibility index (Phi) is 1.64. The van der Waals surface area contributed by atoms with Gasteiger partial charge in [-0.1, -0.05) is 0 Å². The van der Waals surface area contributed by atoms with Gasteiger partial charge in [-0.25, -0.2) is 0 Å². The molecule has 0 radical (unpaired) electrons. The molecule has 50 valence electrons. The van der Waals surface area contributed by atoms with Gasteiger partial charge in [-0.15, -0.1) is 0 Å². The van der Waals surface area contributed by atoms with Crippen LogP contribution in [0.5, 0.6) is 0 Å². The predicted octanol–water partition coefficient (Wildman–Crippen LogP) is -0.151. The summed E-state index contributed by atoms with van der Waals surface area (Å²) < 4.78 is 4.72. The second kappa shape index (κ2) is 2.29. The van der Waals surface area contributed by atoms with E-state index >= 15 is 0 Å².